The van der Waals surface area contributed by atoms with Crippen LogP contribution in [0.2, 0.25) is 0 Å². The molecular weight excluding hydrogens is 443 g/mol. The van der Waals surface area contributed by atoms with E-state index in [0.717, 1.165) is 5.56 Å². The third-order valence-electron chi connectivity index (χ3n) is 5.20. The summed E-state index contributed by atoms with van der Waals surface area (Å²) in [7, 11) is 1.55. The molecule has 0 aromatic heterocycles. The van der Waals surface area contributed by atoms with Crippen LogP contribution in [-0.4, -0.2) is 53.1 Å². The molecule has 0 unspecified atom stereocenters. The SMILES string of the molecule is CO[C@@]1(C)O[C@@H]2CN(Cc3ccccc3)C[C@H](C(F)F)[C@H]2O[C@]1(C)I. The molecule has 0 spiro atoms. The molecule has 7 heteroatoms. The fraction of sp³-hybridized carbons (Fsp3) is 0.667. The summed E-state index contributed by atoms with van der Waals surface area (Å²) in [5, 5.41) is 0. The molecule has 1 aromatic carbocycles. The minimum atomic E-state index is -2.46. The van der Waals surface area contributed by atoms with Gasteiger partial charge in [0, 0.05) is 26.7 Å². The van der Waals surface area contributed by atoms with Crippen LogP contribution in [0.3, 0.4) is 0 Å². The van der Waals surface area contributed by atoms with Gasteiger partial charge in [-0.15, -0.1) is 0 Å². The van der Waals surface area contributed by atoms with Crippen LogP contribution in [0.5, 0.6) is 0 Å². The number of likely N-dealkylation sites (tertiary alicyclic amines) is 1. The van der Waals surface area contributed by atoms with Gasteiger partial charge in [-0.25, -0.2) is 8.78 Å². The van der Waals surface area contributed by atoms with Gasteiger partial charge in [-0.2, -0.15) is 0 Å². The van der Waals surface area contributed by atoms with E-state index >= 15 is 0 Å². The summed E-state index contributed by atoms with van der Waals surface area (Å²) in [5.41, 5.74) is 1.10. The van der Waals surface area contributed by atoms with Crippen molar-refractivity contribution >= 4 is 22.6 Å². The maximum absolute atomic E-state index is 13.7. The van der Waals surface area contributed by atoms with E-state index in [1.807, 2.05) is 42.2 Å². The second-order valence-corrected chi connectivity index (χ2v) is 9.04. The number of ether oxygens (including phenoxy) is 3. The Bertz CT molecular complexity index is 589. The molecular formula is C18H24F2INO3. The highest BCUT2D eigenvalue weighted by atomic mass is 127. The van der Waals surface area contributed by atoms with E-state index in [2.05, 4.69) is 22.6 Å². The number of rotatable bonds is 4. The fourth-order valence-electron chi connectivity index (χ4n) is 3.56. The maximum atomic E-state index is 13.7. The normalized spacial score (nSPS) is 39.4. The first-order valence-electron chi connectivity index (χ1n) is 8.40. The monoisotopic (exact) mass is 467 g/mol. The summed E-state index contributed by atoms with van der Waals surface area (Å²) in [4.78, 5) is 2.02. The number of hydrogen-bond donors (Lipinski definition) is 0. The number of halogens is 3. The Morgan fingerprint density at radius 1 is 1.24 bits per heavy atom. The second-order valence-electron chi connectivity index (χ2n) is 6.98. The zero-order valence-corrected chi connectivity index (χ0v) is 16.8. The van der Waals surface area contributed by atoms with Gasteiger partial charge in [-0.3, -0.25) is 4.90 Å². The third-order valence-corrected chi connectivity index (χ3v) is 6.44. The Labute approximate surface area is 160 Å². The van der Waals surface area contributed by atoms with Crippen LogP contribution < -0.4 is 0 Å². The summed E-state index contributed by atoms with van der Waals surface area (Å²) in [6, 6.07) is 9.86. The summed E-state index contributed by atoms with van der Waals surface area (Å²) >= 11 is 2.09. The van der Waals surface area contributed by atoms with E-state index < -0.39 is 33.9 Å². The molecule has 0 saturated carbocycles. The van der Waals surface area contributed by atoms with Crippen LogP contribution in [-0.2, 0) is 20.8 Å². The zero-order valence-electron chi connectivity index (χ0n) is 14.6. The number of hydrogen-bond acceptors (Lipinski definition) is 4. The van der Waals surface area contributed by atoms with Gasteiger partial charge in [0.2, 0.25) is 12.2 Å². The summed E-state index contributed by atoms with van der Waals surface area (Å²) < 4.78 is 44.4. The largest absolute Gasteiger partial charge is 0.353 e. The lowest BCUT2D eigenvalue weighted by Gasteiger charge is -2.55. The van der Waals surface area contributed by atoms with Crippen molar-refractivity contribution in [1.82, 2.24) is 4.90 Å². The Hall–Kier alpha value is -0.350. The number of methoxy groups -OCH3 is 1. The topological polar surface area (TPSA) is 30.9 Å². The van der Waals surface area contributed by atoms with Gasteiger partial charge in [0.1, 0.15) is 6.10 Å². The first kappa shape index (κ1) is 19.4. The van der Waals surface area contributed by atoms with Gasteiger partial charge in [-0.05, 0) is 42.0 Å². The van der Waals surface area contributed by atoms with E-state index in [0.29, 0.717) is 13.1 Å². The van der Waals surface area contributed by atoms with Crippen LogP contribution in [0.15, 0.2) is 30.3 Å². The maximum Gasteiger partial charge on any atom is 0.245 e. The average molecular weight is 467 g/mol. The standard InChI is InChI=1S/C18H24F2INO3/c1-17(21)18(2,23-3)24-14-11-22(9-12-7-5-4-6-8-12)10-13(16(19)20)15(14)25-17/h4-8,13-16H,9-11H2,1-3H3/t13-,14+,15+,17-,18-/m0/s1. The van der Waals surface area contributed by atoms with Crippen LogP contribution in [0.1, 0.15) is 19.4 Å². The average Bonchev–Trinajstić information content (AvgIpc) is 2.56. The molecule has 2 aliphatic rings. The molecule has 2 fully saturated rings. The molecule has 2 aliphatic heterocycles. The second kappa shape index (κ2) is 7.34. The van der Waals surface area contributed by atoms with E-state index in [1.54, 1.807) is 14.0 Å². The summed E-state index contributed by atoms with van der Waals surface area (Å²) in [5.74, 6) is -1.88. The van der Waals surface area contributed by atoms with E-state index in [4.69, 9.17) is 14.2 Å². The highest BCUT2D eigenvalue weighted by Crippen LogP contribution is 2.46. The van der Waals surface area contributed by atoms with Crippen LogP contribution >= 0.6 is 22.6 Å². The molecule has 0 N–H and O–H groups in total. The van der Waals surface area contributed by atoms with Gasteiger partial charge >= 0.3 is 0 Å². The van der Waals surface area contributed by atoms with Crippen LogP contribution in [0, 0.1) is 5.92 Å². The van der Waals surface area contributed by atoms with E-state index in [-0.39, 0.29) is 6.54 Å². The zero-order chi connectivity index (χ0) is 18.2. The molecule has 5 atom stereocenters. The molecule has 0 radical (unpaired) electrons. The highest BCUT2D eigenvalue weighted by molar-refractivity contribution is 14.1. The van der Waals surface area contributed by atoms with Gasteiger partial charge in [0.05, 0.1) is 12.0 Å². The molecule has 140 valence electrons. The smallest absolute Gasteiger partial charge is 0.245 e. The highest BCUT2D eigenvalue weighted by Gasteiger charge is 2.58. The molecule has 0 amide bonds. The molecule has 4 nitrogen and oxygen atoms in total. The van der Waals surface area contributed by atoms with Gasteiger partial charge in [0.25, 0.3) is 0 Å². The molecule has 25 heavy (non-hydrogen) atoms. The Balaban J connectivity index is 1.81. The van der Waals surface area contributed by atoms with Crippen LogP contribution in [0.4, 0.5) is 8.78 Å². The van der Waals surface area contributed by atoms with Crippen molar-refractivity contribution in [2.24, 2.45) is 5.92 Å². The number of benzene rings is 1. The summed E-state index contributed by atoms with van der Waals surface area (Å²) in [6.45, 7) is 5.04. The lowest BCUT2D eigenvalue weighted by molar-refractivity contribution is -0.370. The van der Waals surface area contributed by atoms with Crippen molar-refractivity contribution in [2.75, 3.05) is 20.2 Å². The van der Waals surface area contributed by atoms with E-state index in [9.17, 15) is 8.78 Å². The predicted molar refractivity (Wildman–Crippen MR) is 98.8 cm³/mol. The molecule has 1 aromatic rings. The van der Waals surface area contributed by atoms with Crippen molar-refractivity contribution in [3.8, 4) is 0 Å². The van der Waals surface area contributed by atoms with Gasteiger partial charge in [-0.1, -0.05) is 30.3 Å². The van der Waals surface area contributed by atoms with Crippen molar-refractivity contribution in [2.45, 2.75) is 48.4 Å². The number of piperidine rings is 1. The number of fused-ring (bicyclic) bond motifs is 1. The number of nitrogens with zero attached hydrogens (tertiary/aromatic N) is 1. The first-order valence-corrected chi connectivity index (χ1v) is 9.48. The third kappa shape index (κ3) is 3.85. The van der Waals surface area contributed by atoms with Crippen molar-refractivity contribution in [3.63, 3.8) is 0 Å². The Morgan fingerprint density at radius 2 is 1.92 bits per heavy atom. The first-order chi connectivity index (χ1) is 11.8. The van der Waals surface area contributed by atoms with Crippen LogP contribution in [0.25, 0.3) is 0 Å². The summed E-state index contributed by atoms with van der Waals surface area (Å²) in [6.07, 6.45) is -3.56. The van der Waals surface area contributed by atoms with E-state index in [1.165, 1.54) is 0 Å². The minimum absolute atomic E-state index is 0.285. The quantitative estimate of drug-likeness (QED) is 0.500. The lowest BCUT2D eigenvalue weighted by Crippen LogP contribution is -2.68. The molecule has 2 heterocycles. The lowest BCUT2D eigenvalue weighted by atomic mass is 9.90. The number of alkyl halides is 3. The Morgan fingerprint density at radius 3 is 2.52 bits per heavy atom. The minimum Gasteiger partial charge on any atom is -0.353 e. The predicted octanol–water partition coefficient (Wildman–Crippen LogP) is 3.68. The van der Waals surface area contributed by atoms with Gasteiger partial charge in [0.15, 0.2) is 3.61 Å². The molecule has 2 saturated heterocycles. The Kier molecular flexibility index (Phi) is 5.70. The molecule has 0 aliphatic carbocycles. The fourth-order valence-corrected chi connectivity index (χ4v) is 4.20. The van der Waals surface area contributed by atoms with Crippen molar-refractivity contribution in [3.05, 3.63) is 35.9 Å². The molecule has 0 bridgehead atoms. The van der Waals surface area contributed by atoms with Crippen molar-refractivity contribution < 1.29 is 23.0 Å². The van der Waals surface area contributed by atoms with Gasteiger partial charge < -0.3 is 14.2 Å². The van der Waals surface area contributed by atoms with Crippen molar-refractivity contribution in [1.29, 1.82) is 0 Å². The molecule has 3 rings (SSSR count).